The number of nitrogens with zero attached hydrogens (tertiary/aromatic N) is 2. The van der Waals surface area contributed by atoms with Gasteiger partial charge in [-0.25, -0.2) is 4.98 Å². The lowest BCUT2D eigenvalue weighted by atomic mass is 10.2. The molecular formula is C15H18N2O5. The van der Waals surface area contributed by atoms with Crippen LogP contribution in [0.25, 0.3) is 11.7 Å². The van der Waals surface area contributed by atoms with E-state index < -0.39 is 5.97 Å². The zero-order valence-corrected chi connectivity index (χ0v) is 12.7. The Kier molecular flexibility index (Phi) is 4.65. The van der Waals surface area contributed by atoms with E-state index in [1.54, 1.807) is 32.9 Å². The summed E-state index contributed by atoms with van der Waals surface area (Å²) in [6.45, 7) is 4.91. The minimum atomic E-state index is -1.05. The lowest BCUT2D eigenvalue weighted by Gasteiger charge is -2.24. The lowest BCUT2D eigenvalue weighted by Crippen LogP contribution is -2.41. The first-order valence-corrected chi connectivity index (χ1v) is 6.90. The number of carbonyl (C=O) groups is 2. The predicted molar refractivity (Wildman–Crippen MR) is 77.1 cm³/mol. The van der Waals surface area contributed by atoms with E-state index >= 15 is 0 Å². The molecule has 2 aromatic heterocycles. The van der Waals surface area contributed by atoms with E-state index in [0.29, 0.717) is 23.1 Å². The second-order valence-electron chi connectivity index (χ2n) is 5.19. The molecule has 0 aliphatic heterocycles. The monoisotopic (exact) mass is 306 g/mol. The van der Waals surface area contributed by atoms with Crippen molar-refractivity contribution in [1.29, 1.82) is 0 Å². The second kappa shape index (κ2) is 6.46. The van der Waals surface area contributed by atoms with Crippen molar-refractivity contribution in [1.82, 2.24) is 9.88 Å². The van der Waals surface area contributed by atoms with E-state index in [-0.39, 0.29) is 24.9 Å². The van der Waals surface area contributed by atoms with E-state index in [9.17, 15) is 9.59 Å². The first-order valence-electron chi connectivity index (χ1n) is 6.90. The van der Waals surface area contributed by atoms with Gasteiger partial charge in [0.15, 0.2) is 5.76 Å². The molecule has 0 saturated carbocycles. The summed E-state index contributed by atoms with van der Waals surface area (Å²) in [4.78, 5) is 28.7. The van der Waals surface area contributed by atoms with Gasteiger partial charge in [-0.1, -0.05) is 0 Å². The number of aromatic nitrogens is 1. The van der Waals surface area contributed by atoms with Crippen molar-refractivity contribution in [2.75, 3.05) is 6.54 Å². The number of aryl methyl sites for hydroxylation is 1. The summed E-state index contributed by atoms with van der Waals surface area (Å²) in [6.07, 6.45) is 1.49. The van der Waals surface area contributed by atoms with Gasteiger partial charge in [-0.2, -0.15) is 0 Å². The molecule has 1 amide bonds. The van der Waals surface area contributed by atoms with Crippen molar-refractivity contribution in [2.24, 2.45) is 0 Å². The van der Waals surface area contributed by atoms with Crippen molar-refractivity contribution in [3.05, 3.63) is 29.9 Å². The molecule has 0 bridgehead atoms. The molecule has 0 unspecified atom stereocenters. The number of carbonyl (C=O) groups excluding carboxylic acids is 1. The summed E-state index contributed by atoms with van der Waals surface area (Å²) in [5.41, 5.74) is 0.479. The molecule has 0 aliphatic carbocycles. The molecule has 22 heavy (non-hydrogen) atoms. The first-order chi connectivity index (χ1) is 10.4. The molecule has 7 heteroatoms. The molecule has 2 aromatic rings. The minimum Gasteiger partial charge on any atom is -0.480 e. The van der Waals surface area contributed by atoms with Crippen LogP contribution < -0.4 is 0 Å². The summed E-state index contributed by atoms with van der Waals surface area (Å²) in [7, 11) is 0. The second-order valence-corrected chi connectivity index (χ2v) is 5.19. The Morgan fingerprint density at radius 1 is 1.41 bits per heavy atom. The molecule has 0 radical (unpaired) electrons. The van der Waals surface area contributed by atoms with Gasteiger partial charge in [0.05, 0.1) is 18.4 Å². The number of carboxylic acid groups (broad SMARTS) is 1. The van der Waals surface area contributed by atoms with Crippen LogP contribution in [0, 0.1) is 6.92 Å². The van der Waals surface area contributed by atoms with E-state index in [1.165, 1.54) is 11.2 Å². The summed E-state index contributed by atoms with van der Waals surface area (Å²) >= 11 is 0. The largest absolute Gasteiger partial charge is 0.480 e. The fourth-order valence-electron chi connectivity index (χ4n) is 2.05. The number of amides is 1. The maximum atomic E-state index is 12.3. The average Bonchev–Trinajstić information content (AvgIpc) is 3.06. The Hall–Kier alpha value is -2.57. The molecule has 0 atom stereocenters. The van der Waals surface area contributed by atoms with Gasteiger partial charge in [-0.05, 0) is 32.9 Å². The fourth-order valence-corrected chi connectivity index (χ4v) is 2.05. The van der Waals surface area contributed by atoms with Gasteiger partial charge >= 0.3 is 5.97 Å². The van der Waals surface area contributed by atoms with Crippen LogP contribution >= 0.6 is 0 Å². The zero-order valence-electron chi connectivity index (χ0n) is 12.7. The quantitative estimate of drug-likeness (QED) is 0.878. The standard InChI is InChI=1S/C15H18N2O5/c1-9(2)17(8-14(19)20)13(18)7-11-10(3)22-15(16-11)12-5-4-6-21-12/h4-6,9H,7-8H2,1-3H3,(H,19,20). The molecule has 118 valence electrons. The smallest absolute Gasteiger partial charge is 0.323 e. The normalized spacial score (nSPS) is 10.9. The van der Waals surface area contributed by atoms with Gasteiger partial charge in [-0.15, -0.1) is 0 Å². The third-order valence-corrected chi connectivity index (χ3v) is 3.19. The molecule has 0 aromatic carbocycles. The molecule has 0 fully saturated rings. The van der Waals surface area contributed by atoms with Crippen molar-refractivity contribution in [3.8, 4) is 11.7 Å². The van der Waals surface area contributed by atoms with Crippen LogP contribution in [0.3, 0.4) is 0 Å². The number of furan rings is 1. The van der Waals surface area contributed by atoms with Crippen molar-refractivity contribution in [3.63, 3.8) is 0 Å². The van der Waals surface area contributed by atoms with Gasteiger partial charge in [0, 0.05) is 6.04 Å². The van der Waals surface area contributed by atoms with Gasteiger partial charge in [0.25, 0.3) is 5.89 Å². The highest BCUT2D eigenvalue weighted by Gasteiger charge is 2.23. The molecule has 2 rings (SSSR count). The van der Waals surface area contributed by atoms with Crippen LogP contribution in [0.1, 0.15) is 25.3 Å². The lowest BCUT2D eigenvalue weighted by molar-refractivity contribution is -0.145. The number of rotatable bonds is 6. The third-order valence-electron chi connectivity index (χ3n) is 3.19. The van der Waals surface area contributed by atoms with Crippen LogP contribution in [0.15, 0.2) is 27.2 Å². The van der Waals surface area contributed by atoms with Crippen LogP contribution in [0.4, 0.5) is 0 Å². The van der Waals surface area contributed by atoms with Crippen molar-refractivity contribution >= 4 is 11.9 Å². The molecule has 0 aliphatic rings. The van der Waals surface area contributed by atoms with Crippen LogP contribution in [-0.4, -0.2) is 39.5 Å². The number of aliphatic carboxylic acids is 1. The highest BCUT2D eigenvalue weighted by molar-refractivity contribution is 5.83. The Labute approximate surface area is 127 Å². The van der Waals surface area contributed by atoms with Crippen LogP contribution in [-0.2, 0) is 16.0 Å². The number of oxazole rings is 1. The molecule has 0 spiro atoms. The van der Waals surface area contributed by atoms with Gasteiger partial charge < -0.3 is 18.8 Å². The third kappa shape index (κ3) is 3.55. The van der Waals surface area contributed by atoms with Crippen LogP contribution in [0.5, 0.6) is 0 Å². The summed E-state index contributed by atoms with van der Waals surface area (Å²) in [5, 5.41) is 8.89. The molecular weight excluding hydrogens is 288 g/mol. The van der Waals surface area contributed by atoms with Gasteiger partial charge in [-0.3, -0.25) is 9.59 Å². The van der Waals surface area contributed by atoms with Crippen molar-refractivity contribution < 1.29 is 23.5 Å². The Bertz CT molecular complexity index is 658. The van der Waals surface area contributed by atoms with E-state index in [0.717, 1.165) is 0 Å². The summed E-state index contributed by atoms with van der Waals surface area (Å²) in [6, 6.07) is 3.22. The average molecular weight is 306 g/mol. The first kappa shape index (κ1) is 15.8. The minimum absolute atomic E-state index is 0.0124. The van der Waals surface area contributed by atoms with E-state index in [1.807, 2.05) is 0 Å². The van der Waals surface area contributed by atoms with Crippen molar-refractivity contribution in [2.45, 2.75) is 33.2 Å². The maximum Gasteiger partial charge on any atom is 0.323 e. The SMILES string of the molecule is Cc1oc(-c2ccco2)nc1CC(=O)N(CC(=O)O)C(C)C. The van der Waals surface area contributed by atoms with E-state index in [4.69, 9.17) is 13.9 Å². The fraction of sp³-hybridized carbons (Fsp3) is 0.400. The Morgan fingerprint density at radius 2 is 2.14 bits per heavy atom. The number of hydrogen-bond acceptors (Lipinski definition) is 5. The predicted octanol–water partition coefficient (Wildman–Crippen LogP) is 2.11. The topological polar surface area (TPSA) is 96.8 Å². The van der Waals surface area contributed by atoms with Crippen LogP contribution in [0.2, 0.25) is 0 Å². The van der Waals surface area contributed by atoms with Gasteiger partial charge in [0.1, 0.15) is 12.3 Å². The molecule has 7 nitrogen and oxygen atoms in total. The highest BCUT2D eigenvalue weighted by Crippen LogP contribution is 2.22. The van der Waals surface area contributed by atoms with Gasteiger partial charge in [0.2, 0.25) is 5.91 Å². The number of hydrogen-bond donors (Lipinski definition) is 1. The Balaban J connectivity index is 2.15. The maximum absolute atomic E-state index is 12.3. The zero-order chi connectivity index (χ0) is 16.3. The summed E-state index contributed by atoms with van der Waals surface area (Å²) < 4.78 is 10.7. The number of carboxylic acids is 1. The molecule has 1 N–H and O–H groups in total. The van der Waals surface area contributed by atoms with E-state index in [2.05, 4.69) is 4.98 Å². The summed E-state index contributed by atoms with van der Waals surface area (Å²) in [5.74, 6) is -0.0542. The molecule has 2 heterocycles. The highest BCUT2D eigenvalue weighted by atomic mass is 16.4. The Morgan fingerprint density at radius 3 is 2.68 bits per heavy atom. The molecule has 0 saturated heterocycles.